The molecule has 2 aliphatic rings. The van der Waals surface area contributed by atoms with Crippen LogP contribution < -0.4 is 5.32 Å². The van der Waals surface area contributed by atoms with E-state index in [2.05, 4.69) is 5.32 Å². The first-order valence-corrected chi connectivity index (χ1v) is 7.47. The lowest BCUT2D eigenvalue weighted by Crippen LogP contribution is -2.36. The zero-order valence-corrected chi connectivity index (χ0v) is 12.0. The molecule has 0 aromatic heterocycles. The van der Waals surface area contributed by atoms with E-state index in [-0.39, 0.29) is 30.2 Å². The van der Waals surface area contributed by atoms with Gasteiger partial charge < -0.3 is 10.2 Å². The number of fused-ring (bicyclic) bond motifs is 3. The molecule has 0 unspecified atom stereocenters. The third-order valence-corrected chi connectivity index (χ3v) is 4.50. The number of benzene rings is 2. The number of amides is 2. The van der Waals surface area contributed by atoms with Crippen LogP contribution in [0.4, 0.5) is 5.69 Å². The Labute approximate surface area is 128 Å². The number of rotatable bonds is 2. The van der Waals surface area contributed by atoms with Crippen LogP contribution in [0, 0.1) is 5.92 Å². The molecule has 2 aliphatic heterocycles. The maximum atomic E-state index is 12.4. The maximum absolute atomic E-state index is 12.4. The molecular weight excluding hydrogens is 276 g/mol. The van der Waals surface area contributed by atoms with Crippen molar-refractivity contribution in [2.24, 2.45) is 5.92 Å². The van der Waals surface area contributed by atoms with Crippen LogP contribution in [0.5, 0.6) is 0 Å². The fraction of sp³-hybridized carbons (Fsp3) is 0.222. The predicted molar refractivity (Wildman–Crippen MR) is 82.9 cm³/mol. The summed E-state index contributed by atoms with van der Waals surface area (Å²) in [5.74, 6) is -0.288. The van der Waals surface area contributed by atoms with E-state index in [0.717, 1.165) is 16.8 Å². The number of likely N-dealkylation sites (tertiary alicyclic amines) is 1. The Morgan fingerprint density at radius 3 is 2.55 bits per heavy atom. The van der Waals surface area contributed by atoms with Crippen LogP contribution in [0.3, 0.4) is 0 Å². The van der Waals surface area contributed by atoms with Crippen LogP contribution >= 0.6 is 0 Å². The van der Waals surface area contributed by atoms with Crippen molar-refractivity contribution in [3.05, 3.63) is 65.7 Å². The van der Waals surface area contributed by atoms with E-state index in [9.17, 15) is 9.59 Å². The first-order chi connectivity index (χ1) is 10.7. The lowest BCUT2D eigenvalue weighted by Gasteiger charge is -2.33. The number of carbonyl (C=O) groups excluding carboxylic acids is 2. The molecule has 0 spiro atoms. The molecule has 1 fully saturated rings. The molecule has 0 bridgehead atoms. The van der Waals surface area contributed by atoms with Crippen LogP contribution in [0.1, 0.15) is 23.6 Å². The standard InChI is InChI=1S/C18H16N2O2/c21-16-10-14-17(20(16)11-12-6-2-1-3-7-12)13-8-4-5-9-15(13)19-18(14)22/h1-9,14,17H,10-11H2,(H,19,22)/t14-,17-/m1/s1. The molecule has 2 aromatic rings. The Bertz CT molecular complexity index is 742. The highest BCUT2D eigenvalue weighted by Gasteiger charge is 2.47. The van der Waals surface area contributed by atoms with Crippen LogP contribution in [0.15, 0.2) is 54.6 Å². The summed E-state index contributed by atoms with van der Waals surface area (Å²) in [5, 5.41) is 2.92. The summed E-state index contributed by atoms with van der Waals surface area (Å²) in [6.45, 7) is 0.544. The van der Waals surface area contributed by atoms with Gasteiger partial charge in [0, 0.05) is 18.7 Å². The smallest absolute Gasteiger partial charge is 0.230 e. The number of nitrogens with zero attached hydrogens (tertiary/aromatic N) is 1. The molecule has 1 saturated heterocycles. The van der Waals surface area contributed by atoms with Crippen molar-refractivity contribution in [3.8, 4) is 0 Å². The third kappa shape index (κ3) is 1.99. The quantitative estimate of drug-likeness (QED) is 0.925. The van der Waals surface area contributed by atoms with Crippen LogP contribution in [-0.4, -0.2) is 16.7 Å². The summed E-state index contributed by atoms with van der Waals surface area (Å²) in [7, 11) is 0. The molecule has 4 heteroatoms. The van der Waals surface area contributed by atoms with Gasteiger partial charge in [0.25, 0.3) is 0 Å². The summed E-state index contributed by atoms with van der Waals surface area (Å²) in [4.78, 5) is 26.6. The van der Waals surface area contributed by atoms with Gasteiger partial charge in [0.05, 0.1) is 12.0 Å². The number of para-hydroxylation sites is 1. The van der Waals surface area contributed by atoms with Gasteiger partial charge in [-0.1, -0.05) is 48.5 Å². The monoisotopic (exact) mass is 292 g/mol. The van der Waals surface area contributed by atoms with Gasteiger partial charge >= 0.3 is 0 Å². The number of hydrogen-bond donors (Lipinski definition) is 1. The molecule has 2 amide bonds. The average Bonchev–Trinajstić information content (AvgIpc) is 2.86. The number of hydrogen-bond acceptors (Lipinski definition) is 2. The Morgan fingerprint density at radius 2 is 1.73 bits per heavy atom. The molecule has 2 aromatic carbocycles. The lowest BCUT2D eigenvalue weighted by atomic mass is 9.88. The van der Waals surface area contributed by atoms with E-state index >= 15 is 0 Å². The van der Waals surface area contributed by atoms with Crippen molar-refractivity contribution in [1.82, 2.24) is 4.90 Å². The highest BCUT2D eigenvalue weighted by Crippen LogP contribution is 2.45. The summed E-state index contributed by atoms with van der Waals surface area (Å²) in [5.41, 5.74) is 2.94. The normalized spacial score (nSPS) is 23.0. The first kappa shape index (κ1) is 13.1. The fourth-order valence-electron chi connectivity index (χ4n) is 3.47. The third-order valence-electron chi connectivity index (χ3n) is 4.50. The maximum Gasteiger partial charge on any atom is 0.230 e. The highest BCUT2D eigenvalue weighted by atomic mass is 16.2. The minimum Gasteiger partial charge on any atom is -0.330 e. The fourth-order valence-corrected chi connectivity index (χ4v) is 3.47. The van der Waals surface area contributed by atoms with Crippen molar-refractivity contribution < 1.29 is 9.59 Å². The first-order valence-electron chi connectivity index (χ1n) is 7.47. The zero-order chi connectivity index (χ0) is 15.1. The minimum absolute atomic E-state index is 0.0470. The van der Waals surface area contributed by atoms with E-state index < -0.39 is 0 Å². The summed E-state index contributed by atoms with van der Waals surface area (Å²) in [6, 6.07) is 17.5. The number of carbonyl (C=O) groups is 2. The summed E-state index contributed by atoms with van der Waals surface area (Å²) in [6.07, 6.45) is 0.289. The summed E-state index contributed by atoms with van der Waals surface area (Å²) < 4.78 is 0. The van der Waals surface area contributed by atoms with Gasteiger partial charge in [0.1, 0.15) is 0 Å². The molecule has 1 N–H and O–H groups in total. The van der Waals surface area contributed by atoms with Crippen LogP contribution in [0.25, 0.3) is 0 Å². The van der Waals surface area contributed by atoms with Crippen molar-refractivity contribution >= 4 is 17.5 Å². The molecule has 4 rings (SSSR count). The Hall–Kier alpha value is -2.62. The van der Waals surface area contributed by atoms with Gasteiger partial charge in [-0.25, -0.2) is 0 Å². The van der Waals surface area contributed by atoms with Gasteiger partial charge in [-0.05, 0) is 17.2 Å². The molecule has 0 aliphatic carbocycles. The highest BCUT2D eigenvalue weighted by molar-refractivity contribution is 6.01. The van der Waals surface area contributed by atoms with Gasteiger partial charge in [0.2, 0.25) is 11.8 Å². The second-order valence-electron chi connectivity index (χ2n) is 5.84. The SMILES string of the molecule is O=C1Nc2ccccc2[C@@H]2[C@H]1CC(=O)N2Cc1ccccc1. The average molecular weight is 292 g/mol. The molecule has 0 radical (unpaired) electrons. The number of nitrogens with one attached hydrogen (secondary N) is 1. The van der Waals surface area contributed by atoms with E-state index in [1.165, 1.54) is 0 Å². The van der Waals surface area contributed by atoms with Gasteiger partial charge in [-0.15, -0.1) is 0 Å². The molecule has 110 valence electrons. The summed E-state index contributed by atoms with van der Waals surface area (Å²) >= 11 is 0. The van der Waals surface area contributed by atoms with Gasteiger partial charge in [-0.3, -0.25) is 9.59 Å². The molecule has 2 atom stereocenters. The van der Waals surface area contributed by atoms with Crippen molar-refractivity contribution in [3.63, 3.8) is 0 Å². The Morgan fingerprint density at radius 1 is 1.00 bits per heavy atom. The van der Waals surface area contributed by atoms with E-state index in [1.807, 2.05) is 59.5 Å². The van der Waals surface area contributed by atoms with Gasteiger partial charge in [0.15, 0.2) is 0 Å². The molecule has 4 nitrogen and oxygen atoms in total. The number of anilines is 1. The van der Waals surface area contributed by atoms with E-state index in [1.54, 1.807) is 0 Å². The Kier molecular flexibility index (Phi) is 2.96. The molecular formula is C18H16N2O2. The van der Waals surface area contributed by atoms with Crippen molar-refractivity contribution in [2.75, 3.05) is 5.32 Å². The van der Waals surface area contributed by atoms with Crippen LogP contribution in [0.2, 0.25) is 0 Å². The van der Waals surface area contributed by atoms with E-state index in [4.69, 9.17) is 0 Å². The minimum atomic E-state index is -0.286. The van der Waals surface area contributed by atoms with Gasteiger partial charge in [-0.2, -0.15) is 0 Å². The van der Waals surface area contributed by atoms with E-state index in [0.29, 0.717) is 6.54 Å². The zero-order valence-electron chi connectivity index (χ0n) is 12.0. The molecule has 22 heavy (non-hydrogen) atoms. The second-order valence-corrected chi connectivity index (χ2v) is 5.84. The Balaban J connectivity index is 1.74. The predicted octanol–water partition coefficient (Wildman–Crippen LogP) is 2.73. The van der Waals surface area contributed by atoms with Crippen molar-refractivity contribution in [2.45, 2.75) is 19.0 Å². The van der Waals surface area contributed by atoms with Crippen molar-refractivity contribution in [1.29, 1.82) is 0 Å². The topological polar surface area (TPSA) is 49.4 Å². The second kappa shape index (κ2) is 4.98. The molecule has 0 saturated carbocycles. The lowest BCUT2D eigenvalue weighted by molar-refractivity contribution is -0.129. The van der Waals surface area contributed by atoms with Crippen LogP contribution in [-0.2, 0) is 16.1 Å². The molecule has 2 heterocycles. The largest absolute Gasteiger partial charge is 0.330 e.